The molecule has 0 amide bonds. The molecule has 1 aromatic carbocycles. The van der Waals surface area contributed by atoms with Gasteiger partial charge in [0.15, 0.2) is 5.82 Å². The number of hydrogen-bond acceptors (Lipinski definition) is 3. The predicted octanol–water partition coefficient (Wildman–Crippen LogP) is 5.01. The van der Waals surface area contributed by atoms with Crippen molar-refractivity contribution in [3.8, 4) is 0 Å². The summed E-state index contributed by atoms with van der Waals surface area (Å²) in [5.74, 6) is 1.26. The van der Waals surface area contributed by atoms with E-state index in [1.165, 1.54) is 16.6 Å². The second-order valence-electron chi connectivity index (χ2n) is 6.22. The van der Waals surface area contributed by atoms with Crippen molar-refractivity contribution in [3.05, 3.63) is 46.1 Å². The maximum absolute atomic E-state index is 5.39. The van der Waals surface area contributed by atoms with Crippen molar-refractivity contribution in [2.45, 2.75) is 53.0 Å². The van der Waals surface area contributed by atoms with Crippen LogP contribution in [0.4, 0.5) is 0 Å². The molecule has 0 aliphatic heterocycles. The average Bonchev–Trinajstić information content (AvgIpc) is 3.12. The highest BCUT2D eigenvalue weighted by Gasteiger charge is 2.16. The Labute approximate surface area is 153 Å². The fraction of sp³-hybridized carbons (Fsp3) is 0.421. The molecule has 0 unspecified atom stereocenters. The molecule has 132 valence electrons. The molecular weight excluding hydrogens is 330 g/mol. The van der Waals surface area contributed by atoms with Gasteiger partial charge in [-0.3, -0.25) is 5.10 Å². The molecule has 0 aliphatic carbocycles. The van der Waals surface area contributed by atoms with Crippen LogP contribution in [0.1, 0.15) is 56.6 Å². The van der Waals surface area contributed by atoms with E-state index in [1.54, 1.807) is 4.68 Å². The third-order valence-electron chi connectivity index (χ3n) is 4.92. The number of hydrogen-bond donors (Lipinski definition) is 1. The minimum atomic E-state index is 0.350. The first-order chi connectivity index (χ1) is 12.1. The number of rotatable bonds is 6. The maximum Gasteiger partial charge on any atom is 0.216 e. The quantitative estimate of drug-likeness (QED) is 0.499. The van der Waals surface area contributed by atoms with Gasteiger partial charge in [-0.15, -0.1) is 0 Å². The Morgan fingerprint density at radius 3 is 2.64 bits per heavy atom. The summed E-state index contributed by atoms with van der Waals surface area (Å²) in [6.07, 6.45) is 3.95. The van der Waals surface area contributed by atoms with E-state index in [0.717, 1.165) is 30.8 Å². The van der Waals surface area contributed by atoms with Gasteiger partial charge in [0.05, 0.1) is 6.21 Å². The number of fused-ring (bicyclic) bond motifs is 1. The van der Waals surface area contributed by atoms with Gasteiger partial charge in [-0.1, -0.05) is 32.0 Å². The number of nitrogens with one attached hydrogen (secondary N) is 1. The van der Waals surface area contributed by atoms with E-state index in [-0.39, 0.29) is 0 Å². The Kier molecular flexibility index (Phi) is 5.18. The van der Waals surface area contributed by atoms with Crippen molar-refractivity contribution < 1.29 is 0 Å². The minimum Gasteiger partial charge on any atom is -0.344 e. The maximum atomic E-state index is 5.39. The molecule has 0 atom stereocenters. The van der Waals surface area contributed by atoms with Crippen molar-refractivity contribution in [1.82, 2.24) is 19.4 Å². The molecule has 1 N–H and O–H groups in total. The standard InChI is InChI=1S/C19H25N5S/c1-5-14(6-2)18-21-22-19(25)24(18)20-12-16-13(4)23(7-3)17-11-9-8-10-15(16)17/h8-12,14H,5-7H2,1-4H3,(H,22,25)/b20-12-. The number of aromatic amines is 1. The lowest BCUT2D eigenvalue weighted by Gasteiger charge is -2.10. The van der Waals surface area contributed by atoms with Crippen LogP contribution < -0.4 is 0 Å². The van der Waals surface area contributed by atoms with Crippen molar-refractivity contribution in [3.63, 3.8) is 0 Å². The Morgan fingerprint density at radius 2 is 1.96 bits per heavy atom. The summed E-state index contributed by atoms with van der Waals surface area (Å²) < 4.78 is 4.62. The molecule has 0 bridgehead atoms. The van der Waals surface area contributed by atoms with E-state index in [4.69, 9.17) is 17.3 Å². The number of nitrogens with zero attached hydrogens (tertiary/aromatic N) is 4. The molecule has 0 saturated carbocycles. The molecule has 2 aromatic heterocycles. The summed E-state index contributed by atoms with van der Waals surface area (Å²) in [6, 6.07) is 8.44. The van der Waals surface area contributed by atoms with Crippen LogP contribution in [0.3, 0.4) is 0 Å². The second kappa shape index (κ2) is 7.35. The summed E-state index contributed by atoms with van der Waals surface area (Å²) in [4.78, 5) is 0. The van der Waals surface area contributed by atoms with Gasteiger partial charge in [-0.05, 0) is 45.0 Å². The van der Waals surface area contributed by atoms with Crippen LogP contribution in [-0.4, -0.2) is 25.7 Å². The lowest BCUT2D eigenvalue weighted by atomic mass is 10.0. The molecule has 3 rings (SSSR count). The third-order valence-corrected chi connectivity index (χ3v) is 5.19. The van der Waals surface area contributed by atoms with E-state index in [1.807, 2.05) is 6.21 Å². The second-order valence-corrected chi connectivity index (χ2v) is 6.60. The summed E-state index contributed by atoms with van der Waals surface area (Å²) >= 11 is 5.39. The molecule has 0 aliphatic rings. The first kappa shape index (κ1) is 17.6. The van der Waals surface area contributed by atoms with Crippen LogP contribution in [0.15, 0.2) is 29.4 Å². The average molecular weight is 356 g/mol. The SMILES string of the molecule is CCC(CC)c1n[nH]c(=S)n1/N=C\c1c(C)n(CC)c2ccccc12. The predicted molar refractivity (Wildman–Crippen MR) is 106 cm³/mol. The van der Waals surface area contributed by atoms with Gasteiger partial charge >= 0.3 is 0 Å². The molecular formula is C19H25N5S. The smallest absolute Gasteiger partial charge is 0.216 e. The number of para-hydroxylation sites is 1. The van der Waals surface area contributed by atoms with Crippen molar-refractivity contribution in [2.75, 3.05) is 0 Å². The zero-order valence-electron chi connectivity index (χ0n) is 15.3. The van der Waals surface area contributed by atoms with Gasteiger partial charge in [0.2, 0.25) is 4.77 Å². The van der Waals surface area contributed by atoms with Gasteiger partial charge in [-0.2, -0.15) is 14.9 Å². The van der Waals surface area contributed by atoms with Crippen LogP contribution >= 0.6 is 12.2 Å². The Bertz CT molecular complexity index is 956. The van der Waals surface area contributed by atoms with Crippen molar-refractivity contribution in [1.29, 1.82) is 0 Å². The highest BCUT2D eigenvalue weighted by Crippen LogP contribution is 2.25. The normalized spacial score (nSPS) is 12.0. The molecule has 2 heterocycles. The monoisotopic (exact) mass is 355 g/mol. The van der Waals surface area contributed by atoms with Crippen molar-refractivity contribution >= 4 is 29.3 Å². The van der Waals surface area contributed by atoms with Gasteiger partial charge < -0.3 is 4.57 Å². The zero-order chi connectivity index (χ0) is 18.0. The Morgan fingerprint density at radius 1 is 1.24 bits per heavy atom. The van der Waals surface area contributed by atoms with Gasteiger partial charge in [-0.25, -0.2) is 0 Å². The minimum absolute atomic E-state index is 0.350. The Hall–Kier alpha value is -2.21. The highest BCUT2D eigenvalue weighted by atomic mass is 32.1. The summed E-state index contributed by atoms with van der Waals surface area (Å²) in [5, 5.41) is 13.2. The first-order valence-electron chi connectivity index (χ1n) is 8.91. The molecule has 6 heteroatoms. The Balaban J connectivity index is 2.10. The van der Waals surface area contributed by atoms with Gasteiger partial charge in [0.1, 0.15) is 0 Å². The lowest BCUT2D eigenvalue weighted by molar-refractivity contribution is 0.571. The molecule has 25 heavy (non-hydrogen) atoms. The topological polar surface area (TPSA) is 50.9 Å². The summed E-state index contributed by atoms with van der Waals surface area (Å²) in [6.45, 7) is 9.57. The van der Waals surface area contributed by atoms with E-state index < -0.39 is 0 Å². The van der Waals surface area contributed by atoms with Crippen LogP contribution in [0.25, 0.3) is 10.9 Å². The molecule has 3 aromatic rings. The van der Waals surface area contributed by atoms with Crippen LogP contribution in [-0.2, 0) is 6.54 Å². The number of benzene rings is 1. The van der Waals surface area contributed by atoms with E-state index >= 15 is 0 Å². The molecule has 0 saturated heterocycles. The van der Waals surface area contributed by atoms with Gasteiger partial charge in [0.25, 0.3) is 0 Å². The number of H-pyrrole nitrogens is 1. The summed E-state index contributed by atoms with van der Waals surface area (Å²) in [7, 11) is 0. The third kappa shape index (κ3) is 3.06. The van der Waals surface area contributed by atoms with Crippen molar-refractivity contribution in [2.24, 2.45) is 5.10 Å². The number of aryl methyl sites for hydroxylation is 1. The highest BCUT2D eigenvalue weighted by molar-refractivity contribution is 7.71. The van der Waals surface area contributed by atoms with E-state index in [2.05, 4.69) is 66.7 Å². The molecule has 0 radical (unpaired) electrons. The largest absolute Gasteiger partial charge is 0.344 e. The van der Waals surface area contributed by atoms with E-state index in [0.29, 0.717) is 10.7 Å². The van der Waals surface area contributed by atoms with Gasteiger partial charge in [0, 0.05) is 34.6 Å². The first-order valence-corrected chi connectivity index (χ1v) is 9.32. The van der Waals surface area contributed by atoms with Crippen LogP contribution in [0.2, 0.25) is 0 Å². The van der Waals surface area contributed by atoms with E-state index in [9.17, 15) is 0 Å². The fourth-order valence-electron chi connectivity index (χ4n) is 3.48. The molecule has 5 nitrogen and oxygen atoms in total. The zero-order valence-corrected chi connectivity index (χ0v) is 16.1. The fourth-order valence-corrected chi connectivity index (χ4v) is 3.66. The molecule has 0 fully saturated rings. The lowest BCUT2D eigenvalue weighted by Crippen LogP contribution is -2.05. The number of aromatic nitrogens is 4. The van der Waals surface area contributed by atoms with Crippen LogP contribution in [0.5, 0.6) is 0 Å². The molecule has 0 spiro atoms. The van der Waals surface area contributed by atoms with Crippen LogP contribution in [0, 0.1) is 11.7 Å². The summed E-state index contributed by atoms with van der Waals surface area (Å²) in [5.41, 5.74) is 3.59.